The lowest BCUT2D eigenvalue weighted by molar-refractivity contribution is -0.385. The first-order chi connectivity index (χ1) is 11.1. The summed E-state index contributed by atoms with van der Waals surface area (Å²) in [5.74, 6) is 0.707. The lowest BCUT2D eigenvalue weighted by Crippen LogP contribution is -2.28. The molecule has 0 spiro atoms. The Kier molecular flexibility index (Phi) is 5.61. The second-order valence-electron chi connectivity index (χ2n) is 5.30. The summed E-state index contributed by atoms with van der Waals surface area (Å²) in [6, 6.07) is 11.2. The average molecular weight is 353 g/mol. The van der Waals surface area contributed by atoms with Crippen LogP contribution in [-0.4, -0.2) is 22.9 Å². The average Bonchev–Trinajstić information content (AvgIpc) is 3.01. The Morgan fingerprint density at radius 3 is 2.46 bits per heavy atom. The van der Waals surface area contributed by atoms with Crippen molar-refractivity contribution in [3.63, 3.8) is 0 Å². The maximum atomic E-state index is 11.3. The molecule has 0 bridgehead atoms. The quantitative estimate of drug-likeness (QED) is 0.631. The van der Waals surface area contributed by atoms with Crippen LogP contribution in [0.25, 0.3) is 0 Å². The number of nitrogens with two attached hydrogens (primary N) is 1. The van der Waals surface area contributed by atoms with Gasteiger partial charge in [0.1, 0.15) is 0 Å². The number of nitro groups is 1. The first-order valence-corrected chi connectivity index (χ1v) is 7.12. The number of fused-ring (bicyclic) bond motifs is 1. The van der Waals surface area contributed by atoms with Crippen LogP contribution in [0.15, 0.2) is 42.5 Å². The van der Waals surface area contributed by atoms with Gasteiger partial charge in [-0.2, -0.15) is 0 Å². The molecule has 2 atom stereocenters. The molecule has 7 nitrogen and oxygen atoms in total. The molecule has 3 rings (SSSR count). The van der Waals surface area contributed by atoms with Crippen molar-refractivity contribution < 1.29 is 19.5 Å². The van der Waals surface area contributed by atoms with Crippen LogP contribution in [0.1, 0.15) is 17.2 Å². The van der Waals surface area contributed by atoms with E-state index >= 15 is 0 Å². The third kappa shape index (κ3) is 3.59. The minimum Gasteiger partial charge on any atom is -0.454 e. The number of aliphatic hydroxyl groups excluding tert-OH is 1. The maximum absolute atomic E-state index is 11.3. The zero-order chi connectivity index (χ0) is 16.4. The first kappa shape index (κ1) is 18.0. The highest BCUT2D eigenvalue weighted by atomic mass is 35.5. The van der Waals surface area contributed by atoms with Gasteiger partial charge in [0.2, 0.25) is 6.79 Å². The van der Waals surface area contributed by atoms with E-state index in [1.54, 1.807) is 0 Å². The van der Waals surface area contributed by atoms with Gasteiger partial charge < -0.3 is 20.3 Å². The number of nitro benzene ring substituents is 1. The minimum atomic E-state index is -0.962. The molecule has 0 saturated carbocycles. The number of aliphatic hydroxyl groups is 1. The Morgan fingerprint density at radius 2 is 1.83 bits per heavy atom. The Hall–Kier alpha value is -2.35. The summed E-state index contributed by atoms with van der Waals surface area (Å²) in [5.41, 5.74) is 7.01. The fraction of sp³-hybridized carbons (Fsp3) is 0.250. The molecule has 1 aliphatic rings. The van der Waals surface area contributed by atoms with Crippen molar-refractivity contribution in [2.24, 2.45) is 5.73 Å². The summed E-state index contributed by atoms with van der Waals surface area (Å²) in [5, 5.41) is 21.6. The second-order valence-corrected chi connectivity index (χ2v) is 5.30. The van der Waals surface area contributed by atoms with Gasteiger partial charge in [0.05, 0.1) is 28.7 Å². The van der Waals surface area contributed by atoms with E-state index in [-0.39, 0.29) is 30.5 Å². The standard InChI is InChI=1S/C16H16N2O5.ClH/c17-16(13(19)6-10-4-2-1-3-5-10)11-7-14-15(23-9-22-14)8-12(11)18(20)21;/h1-5,7-8,13,16,19H,6,9,17H2;1H/t13-,16+;/m0./s1. The Balaban J connectivity index is 0.00000208. The van der Waals surface area contributed by atoms with Gasteiger partial charge in [-0.1, -0.05) is 30.3 Å². The number of rotatable bonds is 5. The van der Waals surface area contributed by atoms with E-state index in [1.165, 1.54) is 12.1 Å². The molecule has 3 N–H and O–H groups in total. The van der Waals surface area contributed by atoms with Gasteiger partial charge in [0.15, 0.2) is 11.5 Å². The van der Waals surface area contributed by atoms with Crippen molar-refractivity contribution in [2.45, 2.75) is 18.6 Å². The molecule has 128 valence electrons. The predicted molar refractivity (Wildman–Crippen MR) is 89.5 cm³/mol. The van der Waals surface area contributed by atoms with Crippen molar-refractivity contribution in [1.29, 1.82) is 0 Å². The van der Waals surface area contributed by atoms with Crippen molar-refractivity contribution in [2.75, 3.05) is 6.79 Å². The van der Waals surface area contributed by atoms with E-state index < -0.39 is 17.1 Å². The fourth-order valence-electron chi connectivity index (χ4n) is 2.56. The summed E-state index contributed by atoms with van der Waals surface area (Å²) in [4.78, 5) is 10.7. The van der Waals surface area contributed by atoms with Crippen molar-refractivity contribution in [3.05, 3.63) is 63.7 Å². The third-order valence-electron chi connectivity index (χ3n) is 3.78. The minimum absolute atomic E-state index is 0. The summed E-state index contributed by atoms with van der Waals surface area (Å²) in [6.45, 7) is 0.0117. The van der Waals surface area contributed by atoms with Crippen LogP contribution >= 0.6 is 12.4 Å². The first-order valence-electron chi connectivity index (χ1n) is 7.12. The molecule has 1 aliphatic heterocycles. The molecule has 24 heavy (non-hydrogen) atoms. The summed E-state index contributed by atoms with van der Waals surface area (Å²) < 4.78 is 10.4. The number of ether oxygens (including phenoxy) is 2. The predicted octanol–water partition coefficient (Wildman–Crippen LogP) is 2.35. The fourth-order valence-corrected chi connectivity index (χ4v) is 2.56. The van der Waals surface area contributed by atoms with Gasteiger partial charge in [-0.25, -0.2) is 0 Å². The smallest absolute Gasteiger partial charge is 0.278 e. The van der Waals surface area contributed by atoms with Crippen LogP contribution < -0.4 is 15.2 Å². The maximum Gasteiger partial charge on any atom is 0.278 e. The van der Waals surface area contributed by atoms with Gasteiger partial charge in [0.25, 0.3) is 5.69 Å². The summed E-state index contributed by atoms with van der Waals surface area (Å²) in [7, 11) is 0. The molecule has 0 aliphatic carbocycles. The molecule has 0 radical (unpaired) electrons. The molecular weight excluding hydrogens is 336 g/mol. The van der Waals surface area contributed by atoms with Crippen LogP contribution in [0.5, 0.6) is 11.5 Å². The van der Waals surface area contributed by atoms with Crippen LogP contribution in [-0.2, 0) is 6.42 Å². The van der Waals surface area contributed by atoms with Gasteiger partial charge in [-0.05, 0) is 11.6 Å². The number of halogens is 1. The normalized spacial score (nSPS) is 14.6. The second kappa shape index (κ2) is 7.48. The highest BCUT2D eigenvalue weighted by Crippen LogP contribution is 2.40. The molecule has 2 aromatic rings. The van der Waals surface area contributed by atoms with E-state index in [9.17, 15) is 15.2 Å². The van der Waals surface area contributed by atoms with Crippen LogP contribution in [0, 0.1) is 10.1 Å². The van der Waals surface area contributed by atoms with Gasteiger partial charge in [0, 0.05) is 6.42 Å². The SMILES string of the molecule is Cl.N[C@H](c1cc2c(cc1[N+](=O)[O-])OCO2)[C@@H](O)Cc1ccccc1. The van der Waals surface area contributed by atoms with E-state index in [0.29, 0.717) is 17.9 Å². The third-order valence-corrected chi connectivity index (χ3v) is 3.78. The molecule has 8 heteroatoms. The highest BCUT2D eigenvalue weighted by Gasteiger charge is 2.29. The Bertz CT molecular complexity index is 726. The summed E-state index contributed by atoms with van der Waals surface area (Å²) in [6.07, 6.45) is -0.662. The van der Waals surface area contributed by atoms with Crippen LogP contribution in [0.3, 0.4) is 0 Å². The van der Waals surface area contributed by atoms with Gasteiger partial charge in [-0.3, -0.25) is 10.1 Å². The number of benzene rings is 2. The molecule has 0 unspecified atom stereocenters. The monoisotopic (exact) mass is 352 g/mol. The van der Waals surface area contributed by atoms with Crippen LogP contribution in [0.2, 0.25) is 0 Å². The van der Waals surface area contributed by atoms with Crippen molar-refractivity contribution >= 4 is 18.1 Å². The van der Waals surface area contributed by atoms with E-state index in [0.717, 1.165) is 5.56 Å². The topological polar surface area (TPSA) is 108 Å². The van der Waals surface area contributed by atoms with Crippen molar-refractivity contribution in [1.82, 2.24) is 0 Å². The van der Waals surface area contributed by atoms with E-state index in [1.807, 2.05) is 30.3 Å². The lowest BCUT2D eigenvalue weighted by atomic mass is 9.95. The van der Waals surface area contributed by atoms with Crippen LogP contribution in [0.4, 0.5) is 5.69 Å². The van der Waals surface area contributed by atoms with E-state index in [4.69, 9.17) is 15.2 Å². The lowest BCUT2D eigenvalue weighted by Gasteiger charge is -2.19. The summed E-state index contributed by atoms with van der Waals surface area (Å²) >= 11 is 0. The number of hydrogen-bond acceptors (Lipinski definition) is 6. The van der Waals surface area contributed by atoms with E-state index in [2.05, 4.69) is 0 Å². The number of nitrogens with zero attached hydrogens (tertiary/aromatic N) is 1. The zero-order valence-corrected chi connectivity index (χ0v) is 13.4. The zero-order valence-electron chi connectivity index (χ0n) is 12.6. The molecule has 0 fully saturated rings. The Labute approximate surface area is 144 Å². The molecule has 0 amide bonds. The largest absolute Gasteiger partial charge is 0.454 e. The molecule has 0 saturated heterocycles. The molecule has 1 heterocycles. The number of hydrogen-bond donors (Lipinski definition) is 2. The Morgan fingerprint density at radius 1 is 1.21 bits per heavy atom. The van der Waals surface area contributed by atoms with Gasteiger partial charge >= 0.3 is 0 Å². The molecule has 2 aromatic carbocycles. The molecular formula is C16H17ClN2O5. The van der Waals surface area contributed by atoms with Crippen molar-refractivity contribution in [3.8, 4) is 11.5 Å². The van der Waals surface area contributed by atoms with Gasteiger partial charge in [-0.15, -0.1) is 12.4 Å². The molecule has 0 aromatic heterocycles. The highest BCUT2D eigenvalue weighted by molar-refractivity contribution is 5.85.